The third kappa shape index (κ3) is 9.98. The number of ether oxygens (including phenoxy) is 1. The number of aryl methyl sites for hydroxylation is 2. The Balaban J connectivity index is 1.84. The molecule has 0 amide bonds. The van der Waals surface area contributed by atoms with Crippen molar-refractivity contribution in [2.75, 3.05) is 0 Å². The summed E-state index contributed by atoms with van der Waals surface area (Å²) in [6.07, 6.45) is 16.3. The minimum atomic E-state index is -1.29. The van der Waals surface area contributed by atoms with Crippen molar-refractivity contribution in [1.29, 1.82) is 0 Å². The Kier molecular flexibility index (Phi) is 12.8. The van der Waals surface area contributed by atoms with Gasteiger partial charge in [0.15, 0.2) is 0 Å². The lowest BCUT2D eigenvalue weighted by atomic mass is 9.98. The van der Waals surface area contributed by atoms with Gasteiger partial charge in [-0.25, -0.2) is 9.59 Å². The van der Waals surface area contributed by atoms with Crippen LogP contribution in [0.5, 0.6) is 23.0 Å². The highest BCUT2D eigenvalue weighted by molar-refractivity contribution is 5.96. The number of esters is 1. The summed E-state index contributed by atoms with van der Waals surface area (Å²) in [7, 11) is 0. The summed E-state index contributed by atoms with van der Waals surface area (Å²) in [5, 5.41) is 39.5. The maximum absolute atomic E-state index is 12.9. The molecule has 0 bridgehead atoms. The number of hydrogen-bond donors (Lipinski definition) is 4. The Hall–Kier alpha value is -3.22. The molecule has 0 saturated carbocycles. The fourth-order valence-corrected chi connectivity index (χ4v) is 4.67. The predicted molar refractivity (Wildman–Crippen MR) is 144 cm³/mol. The molecule has 0 aromatic heterocycles. The molecule has 4 N–H and O–H groups in total. The molecule has 0 aliphatic rings. The highest BCUT2D eigenvalue weighted by atomic mass is 16.5. The van der Waals surface area contributed by atoms with E-state index in [0.717, 1.165) is 31.4 Å². The molecule has 0 atom stereocenters. The van der Waals surface area contributed by atoms with Crippen molar-refractivity contribution in [3.05, 3.63) is 46.5 Å². The van der Waals surface area contributed by atoms with Crippen molar-refractivity contribution in [3.8, 4) is 23.0 Å². The number of carboxylic acids is 1. The molecular formula is C30H42O7. The zero-order valence-electron chi connectivity index (χ0n) is 22.2. The minimum absolute atomic E-state index is 0.0376. The first kappa shape index (κ1) is 30.0. The zero-order valence-corrected chi connectivity index (χ0v) is 22.2. The Morgan fingerprint density at radius 2 is 1.22 bits per heavy atom. The van der Waals surface area contributed by atoms with E-state index >= 15 is 0 Å². The lowest BCUT2D eigenvalue weighted by Gasteiger charge is -2.13. The van der Waals surface area contributed by atoms with Crippen molar-refractivity contribution in [2.24, 2.45) is 0 Å². The molecule has 2 aromatic rings. The molecule has 0 radical (unpaired) electrons. The molecule has 204 valence electrons. The van der Waals surface area contributed by atoms with E-state index in [4.69, 9.17) is 4.74 Å². The summed E-state index contributed by atoms with van der Waals surface area (Å²) >= 11 is 0. The van der Waals surface area contributed by atoms with Crippen LogP contribution in [-0.2, 0) is 6.42 Å². The number of phenolic OH excluding ortho intramolecular Hbond substituents is 2. The van der Waals surface area contributed by atoms with E-state index in [1.54, 1.807) is 0 Å². The van der Waals surface area contributed by atoms with E-state index in [9.17, 15) is 30.0 Å². The SMILES string of the molecule is CCCCCCCCCCCCCCCc1cc(O)cc(O)c1C(=O)Oc1cc(C)c(C(=O)O)c(O)c1. The van der Waals surface area contributed by atoms with E-state index < -0.39 is 23.4 Å². The summed E-state index contributed by atoms with van der Waals surface area (Å²) in [4.78, 5) is 24.1. The number of unbranched alkanes of at least 4 members (excludes halogenated alkanes) is 12. The average molecular weight is 515 g/mol. The topological polar surface area (TPSA) is 124 Å². The first-order valence-electron chi connectivity index (χ1n) is 13.6. The van der Waals surface area contributed by atoms with Gasteiger partial charge in [-0.3, -0.25) is 0 Å². The standard InChI is InChI=1S/C30H42O7/c1-3-4-5-6-7-8-9-10-11-12-13-14-15-16-22-18-23(31)19-25(32)28(22)30(36)37-24-17-21(2)27(29(34)35)26(33)20-24/h17-20,31-33H,3-16H2,1-2H3,(H,34,35). The van der Waals surface area contributed by atoms with Crippen molar-refractivity contribution >= 4 is 11.9 Å². The van der Waals surface area contributed by atoms with Gasteiger partial charge in [-0.15, -0.1) is 0 Å². The summed E-state index contributed by atoms with van der Waals surface area (Å²) < 4.78 is 5.34. The normalized spacial score (nSPS) is 11.0. The molecule has 2 aromatic carbocycles. The van der Waals surface area contributed by atoms with Crippen LogP contribution in [0.2, 0.25) is 0 Å². The number of hydrogen-bond acceptors (Lipinski definition) is 6. The van der Waals surface area contributed by atoms with Crippen LogP contribution in [0.25, 0.3) is 0 Å². The fraction of sp³-hybridized carbons (Fsp3) is 0.533. The summed E-state index contributed by atoms with van der Waals surface area (Å²) in [6, 6.07) is 4.93. The molecule has 37 heavy (non-hydrogen) atoms. The molecule has 0 spiro atoms. The quantitative estimate of drug-likeness (QED) is 0.0970. The molecule has 0 fully saturated rings. The van der Waals surface area contributed by atoms with Gasteiger partial charge in [0.25, 0.3) is 0 Å². The van der Waals surface area contributed by atoms with Crippen LogP contribution in [-0.4, -0.2) is 32.4 Å². The van der Waals surface area contributed by atoms with Crippen molar-refractivity contribution in [2.45, 2.75) is 104 Å². The fourth-order valence-electron chi connectivity index (χ4n) is 4.67. The number of carboxylic acid groups (broad SMARTS) is 1. The van der Waals surface area contributed by atoms with Gasteiger partial charge < -0.3 is 25.2 Å². The van der Waals surface area contributed by atoms with Gasteiger partial charge in [0, 0.05) is 12.1 Å². The van der Waals surface area contributed by atoms with Crippen LogP contribution in [0.15, 0.2) is 24.3 Å². The Labute approximate surface area is 220 Å². The number of aromatic carboxylic acids is 1. The average Bonchev–Trinajstić information content (AvgIpc) is 2.80. The third-order valence-corrected chi connectivity index (χ3v) is 6.65. The smallest absolute Gasteiger partial charge is 0.347 e. The molecule has 0 heterocycles. The van der Waals surface area contributed by atoms with Crippen molar-refractivity contribution in [1.82, 2.24) is 0 Å². The van der Waals surface area contributed by atoms with Crippen molar-refractivity contribution in [3.63, 3.8) is 0 Å². The molecule has 0 aliphatic carbocycles. The second kappa shape index (κ2) is 15.8. The molecule has 7 heteroatoms. The Bertz CT molecular complexity index is 1010. The predicted octanol–water partition coefficient (Wildman–Crippen LogP) is 7.66. The highest BCUT2D eigenvalue weighted by Crippen LogP contribution is 2.32. The van der Waals surface area contributed by atoms with E-state index in [1.807, 2.05) is 0 Å². The van der Waals surface area contributed by atoms with Gasteiger partial charge in [-0.1, -0.05) is 84.0 Å². The number of benzene rings is 2. The first-order valence-corrected chi connectivity index (χ1v) is 13.6. The van der Waals surface area contributed by atoms with E-state index in [2.05, 4.69) is 6.92 Å². The third-order valence-electron chi connectivity index (χ3n) is 6.65. The van der Waals surface area contributed by atoms with E-state index in [-0.39, 0.29) is 28.2 Å². The van der Waals surface area contributed by atoms with Gasteiger partial charge in [-0.2, -0.15) is 0 Å². The highest BCUT2D eigenvalue weighted by Gasteiger charge is 2.22. The Morgan fingerprint density at radius 1 is 0.703 bits per heavy atom. The van der Waals surface area contributed by atoms with Crippen molar-refractivity contribution < 1.29 is 34.8 Å². The zero-order chi connectivity index (χ0) is 27.2. The van der Waals surface area contributed by atoms with Crippen LogP contribution < -0.4 is 4.74 Å². The number of carbonyl (C=O) groups is 2. The molecule has 0 unspecified atom stereocenters. The van der Waals surface area contributed by atoms with Gasteiger partial charge in [0.05, 0.1) is 0 Å². The molecule has 0 aliphatic heterocycles. The molecule has 7 nitrogen and oxygen atoms in total. The second-order valence-electron chi connectivity index (χ2n) is 9.82. The maximum atomic E-state index is 12.9. The largest absolute Gasteiger partial charge is 0.508 e. The van der Waals surface area contributed by atoms with E-state index in [0.29, 0.717) is 12.0 Å². The minimum Gasteiger partial charge on any atom is -0.508 e. The van der Waals surface area contributed by atoms with Gasteiger partial charge >= 0.3 is 11.9 Å². The van der Waals surface area contributed by atoms with Crippen LogP contribution in [0.1, 0.15) is 122 Å². The first-order chi connectivity index (χ1) is 17.7. The number of aromatic hydroxyl groups is 3. The van der Waals surface area contributed by atoms with Gasteiger partial charge in [0.2, 0.25) is 0 Å². The van der Waals surface area contributed by atoms with Crippen LogP contribution >= 0.6 is 0 Å². The monoisotopic (exact) mass is 514 g/mol. The molecule has 0 saturated heterocycles. The lowest BCUT2D eigenvalue weighted by molar-refractivity contribution is 0.0692. The summed E-state index contributed by atoms with van der Waals surface area (Å²) in [6.45, 7) is 3.72. The van der Waals surface area contributed by atoms with Crippen LogP contribution in [0.3, 0.4) is 0 Å². The number of rotatable bonds is 17. The van der Waals surface area contributed by atoms with E-state index in [1.165, 1.54) is 83.3 Å². The second-order valence-corrected chi connectivity index (χ2v) is 9.82. The molecular weight excluding hydrogens is 472 g/mol. The molecule has 2 rings (SSSR count). The van der Waals surface area contributed by atoms with Crippen LogP contribution in [0.4, 0.5) is 0 Å². The summed E-state index contributed by atoms with van der Waals surface area (Å²) in [5.41, 5.74) is 0.401. The van der Waals surface area contributed by atoms with Gasteiger partial charge in [-0.05, 0) is 43.0 Å². The lowest BCUT2D eigenvalue weighted by Crippen LogP contribution is -2.12. The maximum Gasteiger partial charge on any atom is 0.347 e. The summed E-state index contributed by atoms with van der Waals surface area (Å²) in [5.74, 6) is -3.22. The number of phenols is 3. The van der Waals surface area contributed by atoms with Gasteiger partial charge in [0.1, 0.15) is 34.1 Å². The number of carbonyl (C=O) groups excluding carboxylic acids is 1. The Morgan fingerprint density at radius 3 is 1.73 bits per heavy atom. The van der Waals surface area contributed by atoms with Crippen LogP contribution in [0, 0.1) is 6.92 Å².